The molecule has 0 amide bonds. The van der Waals surface area contributed by atoms with E-state index < -0.39 is 32.2 Å². The van der Waals surface area contributed by atoms with E-state index in [-0.39, 0.29) is 5.56 Å². The molecular formula is C12H11F3N2O2S. The molecule has 0 spiro atoms. The van der Waals surface area contributed by atoms with Crippen molar-refractivity contribution in [3.8, 4) is 6.07 Å². The number of benzene rings is 1. The second-order valence-corrected chi connectivity index (χ2v) is 6.43. The van der Waals surface area contributed by atoms with Crippen molar-refractivity contribution in [3.63, 3.8) is 0 Å². The van der Waals surface area contributed by atoms with Crippen molar-refractivity contribution in [3.05, 3.63) is 29.3 Å². The summed E-state index contributed by atoms with van der Waals surface area (Å²) < 4.78 is 64.3. The van der Waals surface area contributed by atoms with Crippen molar-refractivity contribution in [1.29, 1.82) is 5.26 Å². The quantitative estimate of drug-likeness (QED) is 0.932. The molecule has 0 bridgehead atoms. The van der Waals surface area contributed by atoms with Gasteiger partial charge in [-0.15, -0.1) is 0 Å². The summed E-state index contributed by atoms with van der Waals surface area (Å²) in [6, 6.07) is 4.34. The third-order valence-corrected chi connectivity index (χ3v) is 4.78. The number of nitriles is 1. The molecule has 0 radical (unpaired) electrons. The van der Waals surface area contributed by atoms with Gasteiger partial charge in [0.15, 0.2) is 0 Å². The van der Waals surface area contributed by atoms with Crippen LogP contribution in [0.25, 0.3) is 0 Å². The highest BCUT2D eigenvalue weighted by molar-refractivity contribution is 7.89. The SMILES string of the molecule is Cc1ccc(C(F)(F)F)cc1S(=O)(=O)NC1(C#N)CC1. The average Bonchev–Trinajstić information content (AvgIpc) is 3.07. The van der Waals surface area contributed by atoms with Gasteiger partial charge in [-0.2, -0.15) is 23.2 Å². The topological polar surface area (TPSA) is 70.0 Å². The number of aryl methyl sites for hydroxylation is 1. The summed E-state index contributed by atoms with van der Waals surface area (Å²) in [7, 11) is -4.15. The minimum Gasteiger partial charge on any atom is -0.207 e. The number of nitrogens with one attached hydrogen (secondary N) is 1. The van der Waals surface area contributed by atoms with Crippen molar-refractivity contribution in [1.82, 2.24) is 4.72 Å². The van der Waals surface area contributed by atoms with Crippen molar-refractivity contribution in [2.45, 2.75) is 36.4 Å². The summed E-state index contributed by atoms with van der Waals surface area (Å²) in [6.45, 7) is 1.40. The fraction of sp³-hybridized carbons (Fsp3) is 0.417. The van der Waals surface area contributed by atoms with Gasteiger partial charge in [-0.1, -0.05) is 6.07 Å². The Kier molecular flexibility index (Phi) is 3.31. The molecule has 1 aromatic carbocycles. The van der Waals surface area contributed by atoms with E-state index in [0.717, 1.165) is 12.1 Å². The largest absolute Gasteiger partial charge is 0.416 e. The van der Waals surface area contributed by atoms with Crippen LogP contribution in [-0.2, 0) is 16.2 Å². The van der Waals surface area contributed by atoms with Crippen LogP contribution in [-0.4, -0.2) is 14.0 Å². The molecule has 1 aliphatic rings. The summed E-state index contributed by atoms with van der Waals surface area (Å²) >= 11 is 0. The molecule has 20 heavy (non-hydrogen) atoms. The van der Waals surface area contributed by atoms with E-state index in [2.05, 4.69) is 4.72 Å². The number of sulfonamides is 1. The van der Waals surface area contributed by atoms with Crippen LogP contribution in [0.2, 0.25) is 0 Å². The first kappa shape index (κ1) is 14.8. The Morgan fingerprint density at radius 1 is 1.35 bits per heavy atom. The van der Waals surface area contributed by atoms with Gasteiger partial charge < -0.3 is 0 Å². The van der Waals surface area contributed by atoms with Crippen LogP contribution in [0.3, 0.4) is 0 Å². The summed E-state index contributed by atoms with van der Waals surface area (Å²) in [5.41, 5.74) is -2.01. The van der Waals surface area contributed by atoms with Crippen LogP contribution in [0.4, 0.5) is 13.2 Å². The van der Waals surface area contributed by atoms with Crippen LogP contribution >= 0.6 is 0 Å². The van der Waals surface area contributed by atoms with E-state index in [1.165, 1.54) is 6.92 Å². The first-order valence-corrected chi connectivity index (χ1v) is 7.21. The van der Waals surface area contributed by atoms with Crippen LogP contribution < -0.4 is 4.72 Å². The standard InChI is InChI=1S/C12H11F3N2O2S/c1-8-2-3-9(12(13,14)15)6-10(8)20(18,19)17-11(7-16)4-5-11/h2-3,6,17H,4-5H2,1H3. The Hall–Kier alpha value is -1.59. The molecule has 1 aromatic rings. The lowest BCUT2D eigenvalue weighted by Crippen LogP contribution is -2.36. The van der Waals surface area contributed by atoms with Gasteiger partial charge in [0.25, 0.3) is 0 Å². The Labute approximate surface area is 114 Å². The van der Waals surface area contributed by atoms with E-state index in [9.17, 15) is 21.6 Å². The van der Waals surface area contributed by atoms with Crippen LogP contribution in [0.15, 0.2) is 23.1 Å². The molecule has 0 saturated heterocycles. The molecule has 0 unspecified atom stereocenters. The Morgan fingerprint density at radius 2 is 1.95 bits per heavy atom. The first-order chi connectivity index (χ1) is 9.10. The molecule has 1 N–H and O–H groups in total. The normalized spacial score (nSPS) is 17.6. The fourth-order valence-electron chi connectivity index (χ4n) is 1.74. The van der Waals surface area contributed by atoms with Crippen molar-refractivity contribution >= 4 is 10.0 Å². The lowest BCUT2D eigenvalue weighted by atomic mass is 10.1. The molecule has 0 aliphatic heterocycles. The summed E-state index contributed by atoms with van der Waals surface area (Å²) in [6.07, 6.45) is -3.90. The number of rotatable bonds is 3. The summed E-state index contributed by atoms with van der Waals surface area (Å²) in [5.74, 6) is 0. The highest BCUT2D eigenvalue weighted by Gasteiger charge is 2.47. The molecule has 108 valence electrons. The summed E-state index contributed by atoms with van der Waals surface area (Å²) in [5, 5.41) is 8.86. The zero-order valence-corrected chi connectivity index (χ0v) is 11.3. The molecule has 0 atom stereocenters. The van der Waals surface area contributed by atoms with Crippen LogP contribution in [0, 0.1) is 18.3 Å². The zero-order chi connectivity index (χ0) is 15.2. The highest BCUT2D eigenvalue weighted by atomic mass is 32.2. The van der Waals surface area contributed by atoms with Gasteiger partial charge in [0.05, 0.1) is 16.5 Å². The molecule has 1 fully saturated rings. The van der Waals surface area contributed by atoms with Gasteiger partial charge in [0.1, 0.15) is 5.54 Å². The van der Waals surface area contributed by atoms with Crippen LogP contribution in [0.1, 0.15) is 24.0 Å². The first-order valence-electron chi connectivity index (χ1n) is 5.73. The molecule has 1 saturated carbocycles. The summed E-state index contributed by atoms with van der Waals surface area (Å²) in [4.78, 5) is -0.450. The van der Waals surface area contributed by atoms with E-state index >= 15 is 0 Å². The second kappa shape index (κ2) is 4.46. The molecule has 1 aliphatic carbocycles. The number of hydrogen-bond donors (Lipinski definition) is 1. The molecule has 2 rings (SSSR count). The van der Waals surface area contributed by atoms with Gasteiger partial charge in [-0.05, 0) is 37.5 Å². The van der Waals surface area contributed by atoms with E-state index in [4.69, 9.17) is 5.26 Å². The Bertz CT molecular complexity index is 686. The van der Waals surface area contributed by atoms with E-state index in [0.29, 0.717) is 18.9 Å². The van der Waals surface area contributed by atoms with Gasteiger partial charge in [-0.25, -0.2) is 8.42 Å². The maximum atomic E-state index is 12.6. The molecular weight excluding hydrogens is 293 g/mol. The molecule has 4 nitrogen and oxygen atoms in total. The number of hydrogen-bond acceptors (Lipinski definition) is 3. The van der Waals surface area contributed by atoms with Gasteiger partial charge in [0.2, 0.25) is 10.0 Å². The highest BCUT2D eigenvalue weighted by Crippen LogP contribution is 2.37. The lowest BCUT2D eigenvalue weighted by Gasteiger charge is -2.14. The van der Waals surface area contributed by atoms with Gasteiger partial charge in [0, 0.05) is 0 Å². The van der Waals surface area contributed by atoms with E-state index in [1.807, 2.05) is 6.07 Å². The predicted molar refractivity (Wildman–Crippen MR) is 64.1 cm³/mol. The van der Waals surface area contributed by atoms with Crippen molar-refractivity contribution in [2.75, 3.05) is 0 Å². The Morgan fingerprint density at radius 3 is 2.40 bits per heavy atom. The maximum absolute atomic E-state index is 12.6. The Balaban J connectivity index is 2.44. The minimum absolute atomic E-state index is 0.194. The predicted octanol–water partition coefficient (Wildman–Crippen LogP) is 2.35. The van der Waals surface area contributed by atoms with Gasteiger partial charge in [-0.3, -0.25) is 0 Å². The minimum atomic E-state index is -4.62. The molecule has 0 aromatic heterocycles. The van der Waals surface area contributed by atoms with E-state index in [1.54, 1.807) is 0 Å². The lowest BCUT2D eigenvalue weighted by molar-refractivity contribution is -0.137. The monoisotopic (exact) mass is 304 g/mol. The number of alkyl halides is 3. The van der Waals surface area contributed by atoms with Crippen molar-refractivity contribution in [2.24, 2.45) is 0 Å². The second-order valence-electron chi connectivity index (χ2n) is 4.78. The smallest absolute Gasteiger partial charge is 0.207 e. The molecule has 8 heteroatoms. The van der Waals surface area contributed by atoms with Gasteiger partial charge >= 0.3 is 6.18 Å². The average molecular weight is 304 g/mol. The fourth-order valence-corrected chi connectivity index (χ4v) is 3.39. The zero-order valence-electron chi connectivity index (χ0n) is 10.5. The number of halogens is 3. The molecule has 0 heterocycles. The van der Waals surface area contributed by atoms with Crippen LogP contribution in [0.5, 0.6) is 0 Å². The third-order valence-electron chi connectivity index (χ3n) is 3.10. The maximum Gasteiger partial charge on any atom is 0.416 e. The number of nitrogens with zero attached hydrogens (tertiary/aromatic N) is 1. The van der Waals surface area contributed by atoms with Crippen molar-refractivity contribution < 1.29 is 21.6 Å². The third kappa shape index (κ3) is 2.78.